The lowest BCUT2D eigenvalue weighted by Gasteiger charge is -2.35. The highest BCUT2D eigenvalue weighted by Crippen LogP contribution is 2.47. The summed E-state index contributed by atoms with van der Waals surface area (Å²) in [6, 6.07) is 8.48. The molecule has 0 saturated heterocycles. The van der Waals surface area contributed by atoms with Crippen molar-refractivity contribution in [1.82, 2.24) is 9.80 Å². The van der Waals surface area contributed by atoms with Gasteiger partial charge < -0.3 is 14.9 Å². The van der Waals surface area contributed by atoms with Gasteiger partial charge >= 0.3 is 6.36 Å². The predicted octanol–water partition coefficient (Wildman–Crippen LogP) is 6.55. The summed E-state index contributed by atoms with van der Waals surface area (Å²) < 4.78 is 41.8. The van der Waals surface area contributed by atoms with Crippen LogP contribution in [0.25, 0.3) is 0 Å². The van der Waals surface area contributed by atoms with E-state index in [0.29, 0.717) is 19.0 Å². The Hall–Kier alpha value is -1.67. The second-order valence-electron chi connectivity index (χ2n) is 10.7. The van der Waals surface area contributed by atoms with Crippen molar-refractivity contribution in [2.24, 2.45) is 11.8 Å². The first-order valence-corrected chi connectivity index (χ1v) is 13.7. The quantitative estimate of drug-likeness (QED) is 0.264. The number of aliphatic hydroxyl groups is 1. The van der Waals surface area contributed by atoms with Crippen LogP contribution in [0.4, 0.5) is 13.2 Å². The Morgan fingerprint density at radius 3 is 2.46 bits per heavy atom. The van der Waals surface area contributed by atoms with Crippen molar-refractivity contribution in [2.45, 2.75) is 77.4 Å². The summed E-state index contributed by atoms with van der Waals surface area (Å²) >= 11 is 0. The molecule has 0 aliphatic heterocycles. The van der Waals surface area contributed by atoms with Crippen LogP contribution in [0.5, 0.6) is 0 Å². The molecule has 4 nitrogen and oxygen atoms in total. The zero-order chi connectivity index (χ0) is 27.5. The van der Waals surface area contributed by atoms with Gasteiger partial charge in [0, 0.05) is 25.6 Å². The van der Waals surface area contributed by atoms with Crippen LogP contribution in [0.3, 0.4) is 0 Å². The molecular weight excluding hydrogens is 477 g/mol. The molecule has 0 aromatic heterocycles. The molecule has 1 aliphatic carbocycles. The Labute approximate surface area is 222 Å². The van der Waals surface area contributed by atoms with Crippen LogP contribution < -0.4 is 0 Å². The summed E-state index contributed by atoms with van der Waals surface area (Å²) in [5, 5.41) is 11.8. The van der Waals surface area contributed by atoms with E-state index in [1.54, 1.807) is 19.1 Å². The Balaban J connectivity index is 1.94. The van der Waals surface area contributed by atoms with Crippen LogP contribution in [0, 0.1) is 11.8 Å². The first kappa shape index (κ1) is 31.5. The van der Waals surface area contributed by atoms with Crippen molar-refractivity contribution < 1.29 is 23.0 Å². The summed E-state index contributed by atoms with van der Waals surface area (Å²) in [5.74, 6) is 0.462. The van der Waals surface area contributed by atoms with E-state index in [-0.39, 0.29) is 12.3 Å². The largest absolute Gasteiger partial charge is 0.523 e. The molecule has 210 valence electrons. The van der Waals surface area contributed by atoms with Gasteiger partial charge in [0.1, 0.15) is 0 Å². The fourth-order valence-electron chi connectivity index (χ4n) is 5.26. The molecule has 1 aromatic carbocycles. The maximum absolute atomic E-state index is 12.6. The Morgan fingerprint density at radius 2 is 1.84 bits per heavy atom. The van der Waals surface area contributed by atoms with Gasteiger partial charge in [0.05, 0.1) is 11.7 Å². The molecule has 0 radical (unpaired) electrons. The van der Waals surface area contributed by atoms with Crippen molar-refractivity contribution in [3.05, 3.63) is 59.7 Å². The number of ether oxygens (including phenoxy) is 1. The summed E-state index contributed by atoms with van der Waals surface area (Å²) in [4.78, 5) is 4.50. The molecule has 7 heteroatoms. The first-order valence-electron chi connectivity index (χ1n) is 13.7. The number of alkyl halides is 3. The predicted molar refractivity (Wildman–Crippen MR) is 145 cm³/mol. The number of rotatable bonds is 15. The highest BCUT2D eigenvalue weighted by atomic mass is 19.4. The fourth-order valence-corrected chi connectivity index (χ4v) is 5.26. The molecule has 1 fully saturated rings. The summed E-state index contributed by atoms with van der Waals surface area (Å²) in [6.07, 6.45) is 6.19. The monoisotopic (exact) mass is 524 g/mol. The normalized spacial score (nSPS) is 23.8. The number of allylic oxidation sites excluding steroid dienone is 1. The van der Waals surface area contributed by atoms with Gasteiger partial charge in [-0.1, -0.05) is 68.8 Å². The van der Waals surface area contributed by atoms with E-state index in [0.717, 1.165) is 37.9 Å². The molecule has 1 N–H and O–H groups in total. The second kappa shape index (κ2) is 15.1. The molecular formula is C30H47F3N2O2. The molecule has 2 rings (SSSR count). The maximum atomic E-state index is 12.6. The van der Waals surface area contributed by atoms with Crippen LogP contribution in [0.1, 0.15) is 64.0 Å². The van der Waals surface area contributed by atoms with Crippen LogP contribution in [-0.2, 0) is 16.8 Å². The number of benzene rings is 1. The number of halogens is 3. The molecule has 1 saturated carbocycles. The van der Waals surface area contributed by atoms with Crippen molar-refractivity contribution in [3.8, 4) is 0 Å². The van der Waals surface area contributed by atoms with Crippen molar-refractivity contribution in [1.29, 1.82) is 0 Å². The van der Waals surface area contributed by atoms with Gasteiger partial charge in [-0.3, -0.25) is 4.74 Å². The van der Waals surface area contributed by atoms with Crippen molar-refractivity contribution >= 4 is 0 Å². The lowest BCUT2D eigenvalue weighted by molar-refractivity contribution is -0.335. The second-order valence-corrected chi connectivity index (χ2v) is 10.7. The van der Waals surface area contributed by atoms with Gasteiger partial charge in [-0.2, -0.15) is 0 Å². The number of hydrogen-bond acceptors (Lipinski definition) is 4. The summed E-state index contributed by atoms with van der Waals surface area (Å²) in [6.45, 7) is 9.54. The Kier molecular flexibility index (Phi) is 12.8. The van der Waals surface area contributed by atoms with Crippen LogP contribution >= 0.6 is 0 Å². The van der Waals surface area contributed by atoms with Crippen LogP contribution in [0.15, 0.2) is 48.6 Å². The zero-order valence-corrected chi connectivity index (χ0v) is 23.3. The zero-order valence-electron chi connectivity index (χ0n) is 23.3. The standard InChI is InChI=1S/C30H47F3N2O2/c1-6-8-20-34(4)22-18-25-13-15-26(16-14-25)29(36)19-17-24(3)28(29)23-35(5)21-10-9-12-27(11-7-2)37-30(31,32)33/h7,9-11,13-16,24,27-28,36H,6,8,12,17-23H2,1-5H3/b10-9+,11-7-. The highest BCUT2D eigenvalue weighted by molar-refractivity contribution is 5.29. The molecule has 1 aromatic rings. The summed E-state index contributed by atoms with van der Waals surface area (Å²) in [5.41, 5.74) is 1.39. The smallest absolute Gasteiger partial charge is 0.385 e. The number of unbranched alkanes of at least 4 members (excludes halogenated alkanes) is 1. The molecule has 0 heterocycles. The molecule has 37 heavy (non-hydrogen) atoms. The van der Waals surface area contributed by atoms with E-state index in [9.17, 15) is 18.3 Å². The minimum absolute atomic E-state index is 0.0845. The van der Waals surface area contributed by atoms with E-state index >= 15 is 0 Å². The van der Waals surface area contributed by atoms with E-state index in [1.165, 1.54) is 24.5 Å². The average Bonchev–Trinajstić information content (AvgIpc) is 3.13. The Bertz CT molecular complexity index is 840. The number of likely N-dealkylation sites (N-methyl/N-ethyl adjacent to an activating group) is 2. The van der Waals surface area contributed by atoms with Gasteiger partial charge in [0.2, 0.25) is 0 Å². The van der Waals surface area contributed by atoms with E-state index < -0.39 is 18.1 Å². The number of hydrogen-bond donors (Lipinski definition) is 1. The van der Waals surface area contributed by atoms with E-state index in [1.807, 2.05) is 13.1 Å². The van der Waals surface area contributed by atoms with E-state index in [2.05, 4.69) is 59.7 Å². The van der Waals surface area contributed by atoms with Gasteiger partial charge in [0.25, 0.3) is 0 Å². The molecule has 0 spiro atoms. The lowest BCUT2D eigenvalue weighted by atomic mass is 9.80. The maximum Gasteiger partial charge on any atom is 0.523 e. The van der Waals surface area contributed by atoms with Gasteiger partial charge in [0.15, 0.2) is 0 Å². The van der Waals surface area contributed by atoms with Crippen molar-refractivity contribution in [2.75, 3.05) is 40.3 Å². The summed E-state index contributed by atoms with van der Waals surface area (Å²) in [7, 11) is 4.16. The topological polar surface area (TPSA) is 35.9 Å². The Morgan fingerprint density at radius 1 is 1.14 bits per heavy atom. The molecule has 1 aliphatic rings. The van der Waals surface area contributed by atoms with Crippen LogP contribution in [-0.4, -0.2) is 67.6 Å². The van der Waals surface area contributed by atoms with Crippen molar-refractivity contribution in [3.63, 3.8) is 0 Å². The fraction of sp³-hybridized carbons (Fsp3) is 0.667. The third-order valence-electron chi connectivity index (χ3n) is 7.56. The highest BCUT2D eigenvalue weighted by Gasteiger charge is 2.46. The SMILES string of the molecule is C/C=C\C(C/C=C/CN(C)CC1C(C)CCC1(O)c1ccc(CCN(C)CCCC)cc1)OC(F)(F)F. The average molecular weight is 525 g/mol. The van der Waals surface area contributed by atoms with Gasteiger partial charge in [-0.05, 0) is 76.7 Å². The first-order chi connectivity index (χ1) is 17.5. The third-order valence-corrected chi connectivity index (χ3v) is 7.56. The minimum atomic E-state index is -4.65. The number of nitrogens with zero attached hydrogens (tertiary/aromatic N) is 2. The molecule has 0 bridgehead atoms. The van der Waals surface area contributed by atoms with Gasteiger partial charge in [-0.15, -0.1) is 13.2 Å². The molecule has 4 atom stereocenters. The van der Waals surface area contributed by atoms with Gasteiger partial charge in [-0.25, -0.2) is 0 Å². The third kappa shape index (κ3) is 10.5. The van der Waals surface area contributed by atoms with E-state index in [4.69, 9.17) is 0 Å². The molecule has 0 amide bonds. The lowest BCUT2D eigenvalue weighted by Crippen LogP contribution is -2.40. The molecule has 4 unspecified atom stereocenters. The minimum Gasteiger partial charge on any atom is -0.385 e. The van der Waals surface area contributed by atoms with Crippen LogP contribution in [0.2, 0.25) is 0 Å².